The van der Waals surface area contributed by atoms with Crippen LogP contribution in [0.4, 0.5) is 5.82 Å². The van der Waals surface area contributed by atoms with E-state index in [1.807, 2.05) is 29.0 Å². The molecule has 2 atom stereocenters. The van der Waals surface area contributed by atoms with Gasteiger partial charge < -0.3 is 20.1 Å². The molecule has 88 valence electrons. The van der Waals surface area contributed by atoms with Crippen molar-refractivity contribution in [3.63, 3.8) is 0 Å². The Bertz CT molecular complexity index is 578. The number of anilines is 1. The highest BCUT2D eigenvalue weighted by Gasteiger charge is 2.21. The highest BCUT2D eigenvalue weighted by atomic mass is 16.5. The van der Waals surface area contributed by atoms with Crippen molar-refractivity contribution >= 4 is 16.9 Å². The number of ether oxygens (including phenoxy) is 1. The van der Waals surface area contributed by atoms with Crippen molar-refractivity contribution in [1.82, 2.24) is 14.5 Å². The average Bonchev–Trinajstić information content (AvgIpc) is 2.94. The van der Waals surface area contributed by atoms with Gasteiger partial charge in [0.15, 0.2) is 6.23 Å². The van der Waals surface area contributed by atoms with Crippen LogP contribution in [0.25, 0.3) is 11.0 Å². The number of hydrogen-bond donors (Lipinski definition) is 2. The molecule has 0 saturated carbocycles. The van der Waals surface area contributed by atoms with Crippen LogP contribution in [0.15, 0.2) is 30.7 Å². The fourth-order valence-electron chi connectivity index (χ4n) is 1.95. The molecule has 17 heavy (non-hydrogen) atoms. The maximum absolute atomic E-state index is 9.01. The van der Waals surface area contributed by atoms with Crippen LogP contribution in [-0.4, -0.2) is 32.4 Å². The molecular formula is C11H12N4O2. The Morgan fingerprint density at radius 1 is 1.41 bits per heavy atom. The third-order valence-corrected chi connectivity index (χ3v) is 2.80. The molecule has 0 saturated heterocycles. The maximum atomic E-state index is 9.01. The number of fused-ring (bicyclic) bond motifs is 1. The maximum Gasteiger partial charge on any atom is 0.155 e. The Hall–Kier alpha value is -1.92. The number of nitrogen functional groups attached to an aromatic ring is 1. The molecule has 2 aromatic heterocycles. The second-order valence-electron chi connectivity index (χ2n) is 3.85. The second-order valence-corrected chi connectivity index (χ2v) is 3.85. The monoisotopic (exact) mass is 232 g/mol. The van der Waals surface area contributed by atoms with Crippen LogP contribution in [0.1, 0.15) is 6.23 Å². The van der Waals surface area contributed by atoms with Gasteiger partial charge in [0, 0.05) is 6.20 Å². The van der Waals surface area contributed by atoms with Crippen molar-refractivity contribution in [2.45, 2.75) is 12.3 Å². The van der Waals surface area contributed by atoms with Crippen LogP contribution < -0.4 is 5.73 Å². The van der Waals surface area contributed by atoms with Crippen LogP contribution in [0, 0.1) is 0 Å². The first kappa shape index (κ1) is 10.2. The van der Waals surface area contributed by atoms with Gasteiger partial charge in [0.1, 0.15) is 23.9 Å². The molecule has 3 N–H and O–H groups in total. The first-order valence-electron chi connectivity index (χ1n) is 5.31. The molecule has 2 unspecified atom stereocenters. The fourth-order valence-corrected chi connectivity index (χ4v) is 1.95. The van der Waals surface area contributed by atoms with Crippen molar-refractivity contribution in [1.29, 1.82) is 0 Å². The van der Waals surface area contributed by atoms with Gasteiger partial charge in [0.05, 0.1) is 12.0 Å². The molecule has 0 aromatic carbocycles. The number of aromatic nitrogens is 3. The lowest BCUT2D eigenvalue weighted by molar-refractivity contribution is -0.00613. The summed E-state index contributed by atoms with van der Waals surface area (Å²) in [5.74, 6) is 0.453. The molecular weight excluding hydrogens is 220 g/mol. The molecule has 0 spiro atoms. The summed E-state index contributed by atoms with van der Waals surface area (Å²) in [4.78, 5) is 8.13. The van der Waals surface area contributed by atoms with Crippen molar-refractivity contribution in [2.75, 3.05) is 12.3 Å². The Balaban J connectivity index is 2.02. The third kappa shape index (κ3) is 1.58. The molecule has 3 rings (SSSR count). The van der Waals surface area contributed by atoms with Crippen molar-refractivity contribution < 1.29 is 9.84 Å². The standard InChI is InChI=1S/C11H12N4O2/c12-10-8-3-4-15(11(8)14-6-13-10)9-2-1-7(5-16)17-9/h1-4,6-7,9,16H,5H2,(H2,12,13,14). The van der Waals surface area contributed by atoms with E-state index in [0.717, 1.165) is 11.0 Å². The summed E-state index contributed by atoms with van der Waals surface area (Å²) in [6.45, 7) is -0.0245. The van der Waals surface area contributed by atoms with Gasteiger partial charge >= 0.3 is 0 Å². The summed E-state index contributed by atoms with van der Waals surface area (Å²) < 4.78 is 7.46. The van der Waals surface area contributed by atoms with E-state index in [2.05, 4.69) is 9.97 Å². The van der Waals surface area contributed by atoms with Gasteiger partial charge in [-0.15, -0.1) is 0 Å². The summed E-state index contributed by atoms with van der Waals surface area (Å²) >= 11 is 0. The van der Waals surface area contributed by atoms with Crippen molar-refractivity contribution in [3.8, 4) is 0 Å². The predicted molar refractivity (Wildman–Crippen MR) is 62.1 cm³/mol. The minimum atomic E-state index is -0.253. The Kier molecular flexibility index (Phi) is 2.31. The number of nitrogens with two attached hydrogens (primary N) is 1. The second kappa shape index (κ2) is 3.83. The van der Waals surface area contributed by atoms with E-state index in [-0.39, 0.29) is 18.9 Å². The smallest absolute Gasteiger partial charge is 0.155 e. The third-order valence-electron chi connectivity index (χ3n) is 2.80. The predicted octanol–water partition coefficient (Wildman–Crippen LogP) is 0.459. The zero-order chi connectivity index (χ0) is 11.8. The van der Waals surface area contributed by atoms with Gasteiger partial charge in [-0.3, -0.25) is 0 Å². The van der Waals surface area contributed by atoms with Crippen LogP contribution in [0.5, 0.6) is 0 Å². The van der Waals surface area contributed by atoms with E-state index in [9.17, 15) is 0 Å². The van der Waals surface area contributed by atoms with Gasteiger partial charge in [0.25, 0.3) is 0 Å². The quantitative estimate of drug-likeness (QED) is 0.734. The first-order valence-corrected chi connectivity index (χ1v) is 5.31. The summed E-state index contributed by atoms with van der Waals surface area (Å²) in [5.41, 5.74) is 6.49. The molecule has 3 heterocycles. The summed E-state index contributed by atoms with van der Waals surface area (Å²) in [5, 5.41) is 9.81. The Morgan fingerprint density at radius 3 is 3.06 bits per heavy atom. The minimum Gasteiger partial charge on any atom is -0.393 e. The van der Waals surface area contributed by atoms with E-state index < -0.39 is 0 Å². The largest absolute Gasteiger partial charge is 0.393 e. The minimum absolute atomic E-state index is 0.0245. The van der Waals surface area contributed by atoms with E-state index in [4.69, 9.17) is 15.6 Å². The fraction of sp³-hybridized carbons (Fsp3) is 0.273. The summed E-state index contributed by atoms with van der Waals surface area (Å²) in [7, 11) is 0. The van der Waals surface area contributed by atoms with Crippen molar-refractivity contribution in [2.24, 2.45) is 0 Å². The molecule has 0 fully saturated rings. The Morgan fingerprint density at radius 2 is 2.29 bits per heavy atom. The van der Waals surface area contributed by atoms with E-state index in [0.29, 0.717) is 5.82 Å². The highest BCUT2D eigenvalue weighted by Crippen LogP contribution is 2.26. The lowest BCUT2D eigenvalue weighted by Gasteiger charge is -2.14. The van der Waals surface area contributed by atoms with Crippen LogP contribution in [0.2, 0.25) is 0 Å². The molecule has 0 radical (unpaired) electrons. The van der Waals surface area contributed by atoms with Crippen LogP contribution >= 0.6 is 0 Å². The van der Waals surface area contributed by atoms with E-state index >= 15 is 0 Å². The molecule has 1 aliphatic heterocycles. The number of aliphatic hydroxyl groups excluding tert-OH is 1. The highest BCUT2D eigenvalue weighted by molar-refractivity contribution is 5.86. The molecule has 6 heteroatoms. The van der Waals surface area contributed by atoms with Gasteiger partial charge in [-0.1, -0.05) is 6.08 Å². The molecule has 0 amide bonds. The molecule has 6 nitrogen and oxygen atoms in total. The number of aliphatic hydroxyl groups is 1. The molecule has 2 aromatic rings. The summed E-state index contributed by atoms with van der Waals surface area (Å²) in [6, 6.07) is 1.86. The SMILES string of the molecule is Nc1ncnc2c1ccn2C1C=CC(CO)O1. The number of rotatable bonds is 2. The zero-order valence-corrected chi connectivity index (χ0v) is 9.02. The Labute approximate surface area is 97.3 Å². The van der Waals surface area contributed by atoms with Crippen LogP contribution in [-0.2, 0) is 4.74 Å². The zero-order valence-electron chi connectivity index (χ0n) is 9.02. The molecule has 0 aliphatic carbocycles. The lowest BCUT2D eigenvalue weighted by atomic mass is 10.4. The first-order chi connectivity index (χ1) is 8.29. The number of nitrogens with zero attached hydrogens (tertiary/aromatic N) is 3. The van der Waals surface area contributed by atoms with Gasteiger partial charge in [0.2, 0.25) is 0 Å². The van der Waals surface area contributed by atoms with Crippen molar-refractivity contribution in [3.05, 3.63) is 30.7 Å². The summed E-state index contributed by atoms with van der Waals surface area (Å²) in [6.07, 6.45) is 6.50. The normalized spacial score (nSPS) is 23.6. The van der Waals surface area contributed by atoms with Crippen LogP contribution in [0.3, 0.4) is 0 Å². The molecule has 0 bridgehead atoms. The topological polar surface area (TPSA) is 86.2 Å². The van der Waals surface area contributed by atoms with E-state index in [1.165, 1.54) is 6.33 Å². The van der Waals surface area contributed by atoms with Gasteiger partial charge in [-0.25, -0.2) is 9.97 Å². The van der Waals surface area contributed by atoms with E-state index in [1.54, 1.807) is 0 Å². The van der Waals surface area contributed by atoms with Gasteiger partial charge in [-0.05, 0) is 12.1 Å². The van der Waals surface area contributed by atoms with Gasteiger partial charge in [-0.2, -0.15) is 0 Å². The number of hydrogen-bond acceptors (Lipinski definition) is 5. The molecule has 1 aliphatic rings. The lowest BCUT2D eigenvalue weighted by Crippen LogP contribution is -2.15. The average molecular weight is 232 g/mol.